The molecule has 174 valence electrons. The molecule has 0 radical (unpaired) electrons. The number of carbonyl (C=O) groups is 1. The highest BCUT2D eigenvalue weighted by Crippen LogP contribution is 2.35. The summed E-state index contributed by atoms with van der Waals surface area (Å²) < 4.78 is 42.9. The molecule has 0 unspecified atom stereocenters. The monoisotopic (exact) mass is 465 g/mol. The van der Waals surface area contributed by atoms with E-state index in [-0.39, 0.29) is 22.8 Å². The largest absolute Gasteiger partial charge is 0.433 e. The van der Waals surface area contributed by atoms with E-state index in [1.54, 1.807) is 17.0 Å². The lowest BCUT2D eigenvalue weighted by Gasteiger charge is -2.37. The van der Waals surface area contributed by atoms with Crippen molar-refractivity contribution < 1.29 is 18.0 Å². The predicted octanol–water partition coefficient (Wildman–Crippen LogP) is 4.49. The van der Waals surface area contributed by atoms with Crippen LogP contribution in [0.1, 0.15) is 28.9 Å². The Balaban J connectivity index is 1.49. The summed E-state index contributed by atoms with van der Waals surface area (Å²) in [4.78, 5) is 22.1. The van der Waals surface area contributed by atoms with Gasteiger partial charge in [0.25, 0.3) is 5.91 Å². The number of hydrogen-bond acceptors (Lipinski definition) is 4. The van der Waals surface area contributed by atoms with Gasteiger partial charge in [-0.25, -0.2) is 9.50 Å². The van der Waals surface area contributed by atoms with Crippen LogP contribution in [0, 0.1) is 0 Å². The van der Waals surface area contributed by atoms with Crippen molar-refractivity contribution in [3.8, 4) is 11.3 Å². The first-order chi connectivity index (χ1) is 16.4. The molecule has 2 aliphatic rings. The predicted molar refractivity (Wildman–Crippen MR) is 121 cm³/mol. The van der Waals surface area contributed by atoms with Crippen molar-refractivity contribution in [1.29, 1.82) is 0 Å². The third-order valence-electron chi connectivity index (χ3n) is 6.93. The molecule has 4 aromatic rings. The van der Waals surface area contributed by atoms with Crippen molar-refractivity contribution in [2.24, 2.45) is 0 Å². The van der Waals surface area contributed by atoms with E-state index in [0.717, 1.165) is 47.3 Å². The molecule has 4 heterocycles. The van der Waals surface area contributed by atoms with Gasteiger partial charge in [0.05, 0.1) is 11.9 Å². The average Bonchev–Trinajstić information content (AvgIpc) is 3.48. The van der Waals surface area contributed by atoms with Gasteiger partial charge >= 0.3 is 6.18 Å². The third-order valence-corrected chi connectivity index (χ3v) is 6.93. The third kappa shape index (κ3) is 3.42. The molecular weight excluding hydrogens is 443 g/mol. The van der Waals surface area contributed by atoms with Gasteiger partial charge in [0.2, 0.25) is 0 Å². The summed E-state index contributed by atoms with van der Waals surface area (Å²) in [5, 5.41) is 5.63. The number of aromatic nitrogens is 3. The van der Waals surface area contributed by atoms with E-state index in [1.807, 2.05) is 30.3 Å². The van der Waals surface area contributed by atoms with E-state index in [2.05, 4.69) is 15.0 Å². The van der Waals surface area contributed by atoms with E-state index in [4.69, 9.17) is 0 Å². The highest BCUT2D eigenvalue weighted by molar-refractivity contribution is 6.01. The zero-order valence-corrected chi connectivity index (χ0v) is 18.3. The molecule has 2 saturated heterocycles. The fourth-order valence-corrected chi connectivity index (χ4v) is 5.25. The minimum absolute atomic E-state index is 0.0726. The minimum atomic E-state index is -4.66. The Labute approximate surface area is 193 Å². The Morgan fingerprint density at radius 2 is 1.85 bits per heavy atom. The van der Waals surface area contributed by atoms with Crippen LogP contribution in [0.25, 0.3) is 27.7 Å². The van der Waals surface area contributed by atoms with E-state index >= 15 is 0 Å². The number of piperazine rings is 1. The van der Waals surface area contributed by atoms with Crippen molar-refractivity contribution in [2.75, 3.05) is 26.2 Å². The van der Waals surface area contributed by atoms with E-state index in [0.29, 0.717) is 24.7 Å². The molecule has 0 bridgehead atoms. The summed E-state index contributed by atoms with van der Waals surface area (Å²) in [6.45, 7) is 2.93. The molecule has 0 saturated carbocycles. The molecule has 2 fully saturated rings. The van der Waals surface area contributed by atoms with Crippen LogP contribution in [-0.4, -0.2) is 62.5 Å². The topological polar surface area (TPSA) is 53.7 Å². The number of amides is 1. The quantitative estimate of drug-likeness (QED) is 0.438. The lowest BCUT2D eigenvalue weighted by molar-refractivity contribution is -0.142. The molecular formula is C25H22F3N5O. The maximum atomic E-state index is 14.1. The van der Waals surface area contributed by atoms with Gasteiger partial charge in [-0.15, -0.1) is 0 Å². The fourth-order valence-electron chi connectivity index (χ4n) is 5.25. The van der Waals surface area contributed by atoms with Crippen molar-refractivity contribution in [1.82, 2.24) is 24.4 Å². The summed E-state index contributed by atoms with van der Waals surface area (Å²) in [6, 6.07) is 14.2. The first kappa shape index (κ1) is 21.1. The van der Waals surface area contributed by atoms with E-state index in [1.165, 1.54) is 6.20 Å². The second-order valence-corrected chi connectivity index (χ2v) is 8.93. The molecule has 6 rings (SSSR count). The molecule has 2 aliphatic heterocycles. The molecule has 0 spiro atoms. The van der Waals surface area contributed by atoms with Gasteiger partial charge in [-0.1, -0.05) is 42.5 Å². The van der Waals surface area contributed by atoms with Gasteiger partial charge in [0.15, 0.2) is 11.3 Å². The Hall–Kier alpha value is -3.46. The summed E-state index contributed by atoms with van der Waals surface area (Å²) >= 11 is 0. The summed E-state index contributed by atoms with van der Waals surface area (Å²) in [5.41, 5.74) is -0.201. The van der Waals surface area contributed by atoms with Gasteiger partial charge in [0.1, 0.15) is 5.56 Å². The molecule has 0 aliphatic carbocycles. The van der Waals surface area contributed by atoms with E-state index < -0.39 is 11.9 Å². The number of fused-ring (bicyclic) bond motifs is 3. The standard InChI is InChI=1S/C25H22F3N5O/c26-25(27,28)22-13-21(19-9-3-6-16-5-1-2-8-18(16)19)30-23-20(14-29-33(22)23)24(34)32-12-11-31-10-4-7-17(31)15-32/h1-3,5-6,8-9,13-14,17H,4,7,10-12,15H2/t17-/m0/s1. The molecule has 2 aromatic carbocycles. The van der Waals surface area contributed by atoms with Crippen LogP contribution in [0.5, 0.6) is 0 Å². The summed E-state index contributed by atoms with van der Waals surface area (Å²) in [6.07, 6.45) is -1.31. The molecule has 1 amide bonds. The Morgan fingerprint density at radius 3 is 2.71 bits per heavy atom. The zero-order chi connectivity index (χ0) is 23.4. The number of benzene rings is 2. The van der Waals surface area contributed by atoms with Crippen LogP contribution in [0.2, 0.25) is 0 Å². The van der Waals surface area contributed by atoms with E-state index in [9.17, 15) is 18.0 Å². The number of hydrogen-bond donors (Lipinski definition) is 0. The molecule has 0 N–H and O–H groups in total. The van der Waals surface area contributed by atoms with Gasteiger partial charge in [-0.3, -0.25) is 9.69 Å². The van der Waals surface area contributed by atoms with Crippen LogP contribution >= 0.6 is 0 Å². The molecule has 34 heavy (non-hydrogen) atoms. The van der Waals surface area contributed by atoms with Crippen LogP contribution in [0.4, 0.5) is 13.2 Å². The highest BCUT2D eigenvalue weighted by Gasteiger charge is 2.38. The first-order valence-electron chi connectivity index (χ1n) is 11.4. The Bertz CT molecular complexity index is 1410. The normalized spacial score (nSPS) is 19.1. The fraction of sp³-hybridized carbons (Fsp3) is 0.320. The molecule has 9 heteroatoms. The van der Waals surface area contributed by atoms with Gasteiger partial charge < -0.3 is 4.90 Å². The molecule has 6 nitrogen and oxygen atoms in total. The number of carbonyl (C=O) groups excluding carboxylic acids is 1. The minimum Gasteiger partial charge on any atom is -0.336 e. The lowest BCUT2D eigenvalue weighted by atomic mass is 10.0. The van der Waals surface area contributed by atoms with Crippen LogP contribution in [-0.2, 0) is 6.18 Å². The number of halogens is 3. The molecule has 1 atom stereocenters. The maximum absolute atomic E-state index is 14.1. The van der Waals surface area contributed by atoms with Crippen LogP contribution in [0.15, 0.2) is 54.7 Å². The number of alkyl halides is 3. The highest BCUT2D eigenvalue weighted by atomic mass is 19.4. The summed E-state index contributed by atoms with van der Waals surface area (Å²) in [5.74, 6) is -0.322. The van der Waals surface area contributed by atoms with Crippen LogP contribution < -0.4 is 0 Å². The second-order valence-electron chi connectivity index (χ2n) is 8.93. The van der Waals surface area contributed by atoms with Crippen molar-refractivity contribution in [3.05, 3.63) is 66.0 Å². The van der Waals surface area contributed by atoms with Crippen LogP contribution in [0.3, 0.4) is 0 Å². The number of rotatable bonds is 2. The molecule has 2 aromatic heterocycles. The van der Waals surface area contributed by atoms with Gasteiger partial charge in [-0.05, 0) is 36.2 Å². The van der Waals surface area contributed by atoms with Gasteiger partial charge in [-0.2, -0.15) is 18.3 Å². The SMILES string of the molecule is O=C(c1cnn2c(C(F)(F)F)cc(-c3cccc4ccccc34)nc12)N1CCN2CCC[C@H]2C1. The van der Waals surface area contributed by atoms with Gasteiger partial charge in [0, 0.05) is 31.2 Å². The Morgan fingerprint density at radius 1 is 1.03 bits per heavy atom. The zero-order valence-electron chi connectivity index (χ0n) is 18.3. The first-order valence-corrected chi connectivity index (χ1v) is 11.4. The Kier molecular flexibility index (Phi) is 4.84. The van der Waals surface area contributed by atoms with Crippen molar-refractivity contribution in [3.63, 3.8) is 0 Å². The average molecular weight is 465 g/mol. The number of nitrogens with zero attached hydrogens (tertiary/aromatic N) is 5. The lowest BCUT2D eigenvalue weighted by Crippen LogP contribution is -2.52. The maximum Gasteiger partial charge on any atom is 0.433 e. The smallest absolute Gasteiger partial charge is 0.336 e. The van der Waals surface area contributed by atoms with Crippen molar-refractivity contribution in [2.45, 2.75) is 25.1 Å². The summed E-state index contributed by atoms with van der Waals surface area (Å²) in [7, 11) is 0. The van der Waals surface area contributed by atoms with Crippen molar-refractivity contribution >= 4 is 22.3 Å². The second kappa shape index (κ2) is 7.80.